The van der Waals surface area contributed by atoms with Crippen LogP contribution in [0.25, 0.3) is 0 Å². The van der Waals surface area contributed by atoms with Crippen molar-refractivity contribution < 1.29 is 39.2 Å². The zero-order valence-corrected chi connectivity index (χ0v) is 17.4. The summed E-state index contributed by atoms with van der Waals surface area (Å²) in [6.07, 6.45) is -1.60. The maximum atomic E-state index is 13.1. The number of ketones is 2. The van der Waals surface area contributed by atoms with Crippen molar-refractivity contribution in [2.45, 2.75) is 49.9 Å². The highest BCUT2D eigenvalue weighted by molar-refractivity contribution is 6.23. The molecule has 4 N–H and O–H groups in total. The molecule has 2 heterocycles. The number of carbonyl (C=O) groups is 3. The third kappa shape index (κ3) is 3.30. The van der Waals surface area contributed by atoms with Gasteiger partial charge < -0.3 is 30.1 Å². The molecule has 1 aromatic rings. The number of nitrogens with one attached hydrogen (secondary N) is 1. The number of methoxy groups -OCH3 is 1. The van der Waals surface area contributed by atoms with Crippen LogP contribution >= 0.6 is 0 Å². The summed E-state index contributed by atoms with van der Waals surface area (Å²) in [6, 6.07) is 7.82. The quantitative estimate of drug-likeness (QED) is 0.269. The van der Waals surface area contributed by atoms with E-state index in [0.717, 1.165) is 7.11 Å². The van der Waals surface area contributed by atoms with Gasteiger partial charge in [-0.1, -0.05) is 49.4 Å². The van der Waals surface area contributed by atoms with Gasteiger partial charge in [-0.3, -0.25) is 14.4 Å². The first-order valence-corrected chi connectivity index (χ1v) is 9.80. The van der Waals surface area contributed by atoms with Crippen molar-refractivity contribution >= 4 is 17.5 Å². The molecule has 0 radical (unpaired) electrons. The summed E-state index contributed by atoms with van der Waals surface area (Å²) in [7, 11) is 1.11. The lowest BCUT2D eigenvalue weighted by Gasteiger charge is -2.32. The van der Waals surface area contributed by atoms with E-state index in [9.17, 15) is 29.7 Å². The van der Waals surface area contributed by atoms with Crippen LogP contribution in [-0.4, -0.2) is 69.5 Å². The van der Waals surface area contributed by atoms with E-state index < -0.39 is 47.1 Å². The number of carbonyl (C=O) groups excluding carboxylic acids is 3. The van der Waals surface area contributed by atoms with Crippen molar-refractivity contribution in [3.63, 3.8) is 0 Å². The predicted octanol–water partition coefficient (Wildman–Crippen LogP) is 0.00280. The predicted molar refractivity (Wildman–Crippen MR) is 108 cm³/mol. The molecule has 3 rings (SSSR count). The molecule has 2 aliphatic heterocycles. The van der Waals surface area contributed by atoms with Gasteiger partial charge in [0.15, 0.2) is 6.10 Å². The average Bonchev–Trinajstić information content (AvgIpc) is 3.18. The Morgan fingerprint density at radius 3 is 2.52 bits per heavy atom. The van der Waals surface area contributed by atoms with Crippen LogP contribution in [0.1, 0.15) is 30.6 Å². The maximum Gasteiger partial charge on any atom is 0.278 e. The number of ether oxygens (including phenoxy) is 2. The minimum Gasteiger partial charge on any atom is -0.467 e. The molecular formula is C22H25NO8. The van der Waals surface area contributed by atoms with E-state index in [-0.39, 0.29) is 16.9 Å². The largest absolute Gasteiger partial charge is 0.467 e. The second-order valence-corrected chi connectivity index (χ2v) is 7.42. The highest BCUT2D eigenvalue weighted by Crippen LogP contribution is 2.44. The summed E-state index contributed by atoms with van der Waals surface area (Å²) in [5.74, 6) is -3.15. The monoisotopic (exact) mass is 431 g/mol. The summed E-state index contributed by atoms with van der Waals surface area (Å²) >= 11 is 0. The van der Waals surface area contributed by atoms with Gasteiger partial charge in [-0.15, -0.1) is 0 Å². The summed E-state index contributed by atoms with van der Waals surface area (Å²) in [5, 5.41) is 34.0. The summed E-state index contributed by atoms with van der Waals surface area (Å²) in [6.45, 7) is 3.13. The van der Waals surface area contributed by atoms with Gasteiger partial charge >= 0.3 is 0 Å². The minimum atomic E-state index is -2.53. The number of Topliss-reactive ketones (excluding diaryl/α,β-unsaturated/α-hetero) is 2. The molecule has 0 bridgehead atoms. The van der Waals surface area contributed by atoms with Crippen LogP contribution in [0, 0.1) is 0 Å². The molecule has 5 atom stereocenters. The van der Waals surface area contributed by atoms with E-state index in [2.05, 4.69) is 5.32 Å². The average molecular weight is 431 g/mol. The molecule has 9 heteroatoms. The van der Waals surface area contributed by atoms with E-state index in [1.807, 2.05) is 6.92 Å². The van der Waals surface area contributed by atoms with Gasteiger partial charge in [-0.25, -0.2) is 0 Å². The lowest BCUT2D eigenvalue weighted by molar-refractivity contribution is -0.163. The summed E-state index contributed by atoms with van der Waals surface area (Å²) < 4.78 is 10.8. The molecule has 9 nitrogen and oxygen atoms in total. The van der Waals surface area contributed by atoms with Crippen molar-refractivity contribution in [3.05, 3.63) is 59.4 Å². The topological polar surface area (TPSA) is 142 Å². The standard InChI is InChI=1S/C22H25NO8/c1-4-5-11-14(24)15(25)16-12(2)17(26)21(31-16)19(28)22(30-3,23-20(21)29)18(27)13-9-7-6-8-10-13/h5-11,14-15,19,24-25,28H,4H2,1-3H3,(H,23,29)/t14-,15-,19+,21-,22-/m1/s1. The smallest absolute Gasteiger partial charge is 0.278 e. The molecule has 1 saturated heterocycles. The summed E-state index contributed by atoms with van der Waals surface area (Å²) in [5.41, 5.74) is -4.83. The van der Waals surface area contributed by atoms with Gasteiger partial charge in [0, 0.05) is 18.2 Å². The fraction of sp³-hybridized carbons (Fsp3) is 0.409. The SMILES string of the molecule is CCC=C[C@@H](O)[C@@H](O)C1=C(C)C(=O)[C@]2(O1)C(=O)N[C@@](OC)(C(=O)c1ccccc1)[C@H]2O. The first-order valence-electron chi connectivity index (χ1n) is 9.80. The Morgan fingerprint density at radius 1 is 1.29 bits per heavy atom. The van der Waals surface area contributed by atoms with Crippen molar-refractivity contribution in [2.24, 2.45) is 0 Å². The Kier molecular flexibility index (Phi) is 6.15. The van der Waals surface area contributed by atoms with Crippen molar-refractivity contribution in [3.8, 4) is 0 Å². The molecule has 1 aromatic carbocycles. The van der Waals surface area contributed by atoms with Gasteiger partial charge in [0.25, 0.3) is 11.5 Å². The number of aliphatic hydroxyl groups excluding tert-OH is 3. The van der Waals surface area contributed by atoms with Crippen LogP contribution < -0.4 is 5.32 Å². The van der Waals surface area contributed by atoms with E-state index in [1.54, 1.807) is 24.3 Å². The van der Waals surface area contributed by atoms with Crippen LogP contribution in [0.3, 0.4) is 0 Å². The van der Waals surface area contributed by atoms with Crippen molar-refractivity contribution in [2.75, 3.05) is 7.11 Å². The first kappa shape index (κ1) is 22.8. The van der Waals surface area contributed by atoms with Crippen LogP contribution in [0.15, 0.2) is 53.8 Å². The van der Waals surface area contributed by atoms with Gasteiger partial charge in [-0.05, 0) is 13.3 Å². The Labute approximate surface area is 179 Å². The van der Waals surface area contributed by atoms with Crippen LogP contribution in [0.4, 0.5) is 0 Å². The number of hydrogen-bond acceptors (Lipinski definition) is 8. The van der Waals surface area contributed by atoms with Gasteiger partial charge in [0.2, 0.25) is 17.3 Å². The van der Waals surface area contributed by atoms with E-state index >= 15 is 0 Å². The lowest BCUT2D eigenvalue weighted by Crippen LogP contribution is -2.60. The van der Waals surface area contributed by atoms with Crippen LogP contribution in [-0.2, 0) is 19.1 Å². The fourth-order valence-corrected chi connectivity index (χ4v) is 3.81. The lowest BCUT2D eigenvalue weighted by atomic mass is 9.85. The Morgan fingerprint density at radius 2 is 1.94 bits per heavy atom. The Balaban J connectivity index is 1.99. The number of benzene rings is 1. The first-order chi connectivity index (χ1) is 14.7. The minimum absolute atomic E-state index is 0.135. The Hall–Kier alpha value is -2.85. The molecule has 166 valence electrons. The zero-order valence-electron chi connectivity index (χ0n) is 17.4. The number of aliphatic hydroxyl groups is 3. The molecule has 1 fully saturated rings. The normalized spacial score (nSPS) is 30.1. The highest BCUT2D eigenvalue weighted by atomic mass is 16.6. The third-order valence-electron chi connectivity index (χ3n) is 5.58. The molecule has 0 saturated carbocycles. The second kappa shape index (κ2) is 8.35. The molecule has 1 spiro atoms. The maximum absolute atomic E-state index is 13.1. The van der Waals surface area contributed by atoms with E-state index in [0.29, 0.717) is 6.42 Å². The molecular weight excluding hydrogens is 406 g/mol. The molecule has 2 aliphatic rings. The van der Waals surface area contributed by atoms with Gasteiger partial charge in [0.1, 0.15) is 18.0 Å². The van der Waals surface area contributed by atoms with E-state index in [4.69, 9.17) is 9.47 Å². The third-order valence-corrected chi connectivity index (χ3v) is 5.58. The molecule has 1 amide bonds. The highest BCUT2D eigenvalue weighted by Gasteiger charge is 2.74. The van der Waals surface area contributed by atoms with Crippen LogP contribution in [0.5, 0.6) is 0 Å². The molecule has 0 aromatic heterocycles. The van der Waals surface area contributed by atoms with Crippen LogP contribution in [0.2, 0.25) is 0 Å². The van der Waals surface area contributed by atoms with Crippen molar-refractivity contribution in [1.29, 1.82) is 0 Å². The van der Waals surface area contributed by atoms with Crippen molar-refractivity contribution in [1.82, 2.24) is 5.32 Å². The van der Waals surface area contributed by atoms with Gasteiger partial charge in [-0.2, -0.15) is 0 Å². The second-order valence-electron chi connectivity index (χ2n) is 7.42. The number of rotatable bonds is 7. The molecule has 0 aliphatic carbocycles. The molecule has 0 unspecified atom stereocenters. The Bertz CT molecular complexity index is 956. The number of hydrogen-bond donors (Lipinski definition) is 4. The number of allylic oxidation sites excluding steroid dienone is 1. The van der Waals surface area contributed by atoms with Gasteiger partial charge in [0.05, 0.1) is 0 Å². The van der Waals surface area contributed by atoms with E-state index in [1.165, 1.54) is 25.1 Å². The fourth-order valence-electron chi connectivity index (χ4n) is 3.81. The number of amides is 1. The molecule has 31 heavy (non-hydrogen) atoms. The summed E-state index contributed by atoms with van der Waals surface area (Å²) in [4.78, 5) is 39.2. The zero-order chi connectivity index (χ0) is 23.0.